The quantitative estimate of drug-likeness (QED) is 0.722. The van der Waals surface area contributed by atoms with Gasteiger partial charge in [0.05, 0.1) is 0 Å². The van der Waals surface area contributed by atoms with Crippen molar-refractivity contribution >= 4 is 16.7 Å². The van der Waals surface area contributed by atoms with Crippen LogP contribution in [0.2, 0.25) is 0 Å². The smallest absolute Gasteiger partial charge is 0.283 e. The lowest BCUT2D eigenvalue weighted by Crippen LogP contribution is -2.21. The maximum absolute atomic E-state index is 12.7. The van der Waals surface area contributed by atoms with Crippen LogP contribution in [-0.2, 0) is 13.5 Å². The molecular weight excluding hydrogens is 266 g/mol. The van der Waals surface area contributed by atoms with Crippen molar-refractivity contribution < 1.29 is 0 Å². The van der Waals surface area contributed by atoms with Crippen LogP contribution in [0.5, 0.6) is 0 Å². The van der Waals surface area contributed by atoms with Crippen LogP contribution in [0.15, 0.2) is 11.0 Å². The third kappa shape index (κ3) is 1.86. The molecule has 3 aromatic rings. The van der Waals surface area contributed by atoms with E-state index in [0.717, 1.165) is 17.7 Å². The SMILES string of the molecule is CCc1c(C)n(C)n2c(=O)c3cnc(C(C)C)nc3nc12. The average molecular weight is 285 g/mol. The van der Waals surface area contributed by atoms with Crippen molar-refractivity contribution in [3.05, 3.63) is 33.6 Å². The van der Waals surface area contributed by atoms with Gasteiger partial charge in [-0.15, -0.1) is 0 Å². The summed E-state index contributed by atoms with van der Waals surface area (Å²) in [6, 6.07) is 0. The molecule has 3 heterocycles. The summed E-state index contributed by atoms with van der Waals surface area (Å²) in [4.78, 5) is 26.1. The topological polar surface area (TPSA) is 65.1 Å². The lowest BCUT2D eigenvalue weighted by atomic mass is 10.2. The predicted molar refractivity (Wildman–Crippen MR) is 81.7 cm³/mol. The summed E-state index contributed by atoms with van der Waals surface area (Å²) in [5, 5.41) is 0.458. The average Bonchev–Trinajstić information content (AvgIpc) is 2.70. The Hall–Kier alpha value is -2.24. The van der Waals surface area contributed by atoms with Crippen molar-refractivity contribution in [1.29, 1.82) is 0 Å². The molecule has 0 saturated heterocycles. The zero-order chi connectivity index (χ0) is 15.3. The number of nitrogens with zero attached hydrogens (tertiary/aromatic N) is 5. The highest BCUT2D eigenvalue weighted by Gasteiger charge is 2.17. The van der Waals surface area contributed by atoms with Gasteiger partial charge in [-0.3, -0.25) is 9.48 Å². The van der Waals surface area contributed by atoms with Crippen LogP contribution in [0.3, 0.4) is 0 Å². The first-order valence-electron chi connectivity index (χ1n) is 7.19. The Morgan fingerprint density at radius 2 is 2.00 bits per heavy atom. The molecule has 3 rings (SSSR count). The van der Waals surface area contributed by atoms with Crippen LogP contribution >= 0.6 is 0 Å². The largest absolute Gasteiger partial charge is 0.284 e. The Morgan fingerprint density at radius 3 is 2.62 bits per heavy atom. The van der Waals surface area contributed by atoms with E-state index in [9.17, 15) is 4.79 Å². The molecule has 0 atom stereocenters. The lowest BCUT2D eigenvalue weighted by Gasteiger charge is -2.05. The van der Waals surface area contributed by atoms with E-state index in [1.807, 2.05) is 32.5 Å². The van der Waals surface area contributed by atoms with Gasteiger partial charge >= 0.3 is 0 Å². The highest BCUT2D eigenvalue weighted by molar-refractivity contribution is 5.75. The van der Waals surface area contributed by atoms with Crippen LogP contribution in [0.25, 0.3) is 16.7 Å². The minimum Gasteiger partial charge on any atom is -0.284 e. The number of aromatic nitrogens is 5. The van der Waals surface area contributed by atoms with Gasteiger partial charge in [-0.2, -0.15) is 4.52 Å². The van der Waals surface area contributed by atoms with Gasteiger partial charge < -0.3 is 0 Å². The van der Waals surface area contributed by atoms with Crippen molar-refractivity contribution in [2.75, 3.05) is 0 Å². The summed E-state index contributed by atoms with van der Waals surface area (Å²) in [5.41, 5.74) is 3.20. The van der Waals surface area contributed by atoms with Gasteiger partial charge in [0.25, 0.3) is 5.56 Å². The first-order chi connectivity index (χ1) is 9.95. The monoisotopic (exact) mass is 285 g/mol. The maximum Gasteiger partial charge on any atom is 0.283 e. The second kappa shape index (κ2) is 4.65. The van der Waals surface area contributed by atoms with Gasteiger partial charge in [-0.25, -0.2) is 15.0 Å². The third-order valence-electron chi connectivity index (χ3n) is 3.98. The second-order valence-corrected chi connectivity index (χ2v) is 5.61. The van der Waals surface area contributed by atoms with Crippen LogP contribution in [0, 0.1) is 6.92 Å². The van der Waals surface area contributed by atoms with E-state index >= 15 is 0 Å². The second-order valence-electron chi connectivity index (χ2n) is 5.61. The molecule has 6 nitrogen and oxygen atoms in total. The zero-order valence-electron chi connectivity index (χ0n) is 13.0. The highest BCUT2D eigenvalue weighted by atomic mass is 16.1. The van der Waals surface area contributed by atoms with E-state index in [1.165, 1.54) is 0 Å². The molecular formula is C15H19N5O. The molecule has 0 bridgehead atoms. The summed E-state index contributed by atoms with van der Waals surface area (Å²) in [6.45, 7) is 8.12. The molecule has 0 fully saturated rings. The van der Waals surface area contributed by atoms with Crippen molar-refractivity contribution in [3.8, 4) is 0 Å². The van der Waals surface area contributed by atoms with Crippen LogP contribution in [-0.4, -0.2) is 24.1 Å². The Bertz CT molecular complexity index is 904. The van der Waals surface area contributed by atoms with Crippen molar-refractivity contribution in [1.82, 2.24) is 24.1 Å². The zero-order valence-corrected chi connectivity index (χ0v) is 13.0. The maximum atomic E-state index is 12.7. The summed E-state index contributed by atoms with van der Waals surface area (Å²) in [7, 11) is 1.87. The molecule has 0 unspecified atom stereocenters. The molecule has 0 spiro atoms. The Balaban J connectivity index is 2.50. The molecule has 0 aromatic carbocycles. The summed E-state index contributed by atoms with van der Waals surface area (Å²) in [6.07, 6.45) is 2.42. The summed E-state index contributed by atoms with van der Waals surface area (Å²) < 4.78 is 3.45. The fourth-order valence-corrected chi connectivity index (χ4v) is 2.65. The minimum absolute atomic E-state index is 0.115. The van der Waals surface area contributed by atoms with Gasteiger partial charge in [-0.1, -0.05) is 20.8 Å². The lowest BCUT2D eigenvalue weighted by molar-refractivity contribution is 0.663. The third-order valence-corrected chi connectivity index (χ3v) is 3.98. The molecule has 0 radical (unpaired) electrons. The molecule has 21 heavy (non-hydrogen) atoms. The Kier molecular flexibility index (Phi) is 3.04. The number of hydrogen-bond donors (Lipinski definition) is 0. The van der Waals surface area contributed by atoms with E-state index in [-0.39, 0.29) is 11.5 Å². The van der Waals surface area contributed by atoms with Gasteiger partial charge in [0.1, 0.15) is 11.2 Å². The molecule has 0 aliphatic heterocycles. The van der Waals surface area contributed by atoms with E-state index in [1.54, 1.807) is 10.7 Å². The van der Waals surface area contributed by atoms with Crippen molar-refractivity contribution in [3.63, 3.8) is 0 Å². The molecule has 3 aromatic heterocycles. The number of rotatable bonds is 2. The fourth-order valence-electron chi connectivity index (χ4n) is 2.65. The fraction of sp³-hybridized carbons (Fsp3) is 0.467. The van der Waals surface area contributed by atoms with Gasteiger partial charge in [0.2, 0.25) is 0 Å². The molecule has 6 heteroatoms. The number of aryl methyl sites for hydroxylation is 2. The standard InChI is InChI=1S/C15H19N5O/c1-6-10-9(4)19(5)20-14(10)18-13-11(15(20)21)7-16-12(17-13)8(2)3/h7-8H,6H2,1-5H3. The first-order valence-corrected chi connectivity index (χ1v) is 7.19. The summed E-state index contributed by atoms with van der Waals surface area (Å²) in [5.74, 6) is 0.919. The molecule has 110 valence electrons. The van der Waals surface area contributed by atoms with E-state index in [0.29, 0.717) is 22.5 Å². The van der Waals surface area contributed by atoms with Crippen LogP contribution in [0.1, 0.15) is 43.8 Å². The number of fused-ring (bicyclic) bond motifs is 2. The van der Waals surface area contributed by atoms with Crippen molar-refractivity contribution in [2.24, 2.45) is 7.05 Å². The van der Waals surface area contributed by atoms with E-state index in [2.05, 4.69) is 21.9 Å². The molecule has 0 aliphatic carbocycles. The molecule has 0 aliphatic rings. The van der Waals surface area contributed by atoms with Crippen LogP contribution < -0.4 is 5.56 Å². The Morgan fingerprint density at radius 1 is 1.29 bits per heavy atom. The van der Waals surface area contributed by atoms with E-state index < -0.39 is 0 Å². The van der Waals surface area contributed by atoms with Gasteiger partial charge in [0, 0.05) is 30.4 Å². The predicted octanol–water partition coefficient (Wildman–Crippen LogP) is 1.97. The molecule has 0 amide bonds. The summed E-state index contributed by atoms with van der Waals surface area (Å²) >= 11 is 0. The normalized spacial score (nSPS) is 11.9. The van der Waals surface area contributed by atoms with Gasteiger partial charge in [0.15, 0.2) is 11.3 Å². The highest BCUT2D eigenvalue weighted by Crippen LogP contribution is 2.18. The van der Waals surface area contributed by atoms with E-state index in [4.69, 9.17) is 0 Å². The van der Waals surface area contributed by atoms with Crippen molar-refractivity contribution in [2.45, 2.75) is 40.0 Å². The number of hydrogen-bond acceptors (Lipinski definition) is 4. The minimum atomic E-state index is -0.115. The van der Waals surface area contributed by atoms with Gasteiger partial charge in [-0.05, 0) is 13.3 Å². The Labute approximate surface area is 122 Å². The molecule has 0 saturated carbocycles. The molecule has 0 N–H and O–H groups in total. The van der Waals surface area contributed by atoms with Crippen LogP contribution in [0.4, 0.5) is 0 Å². The first kappa shape index (κ1) is 13.7.